The quantitative estimate of drug-likeness (QED) is 0.389. The Morgan fingerprint density at radius 3 is 2.71 bits per heavy atom. The molecule has 0 saturated carbocycles. The van der Waals surface area contributed by atoms with Gasteiger partial charge in [0.05, 0.1) is 0 Å². The van der Waals surface area contributed by atoms with Gasteiger partial charge in [-0.15, -0.1) is 11.8 Å². The third kappa shape index (κ3) is 4.84. The molecule has 1 aromatic rings. The summed E-state index contributed by atoms with van der Waals surface area (Å²) in [5.74, 6) is 1.09. The molecular weight excluding hydrogens is 296 g/mol. The minimum atomic E-state index is 0.811. The molecule has 1 rings (SSSR count). The molecular formula is C14H19BrOS. The normalized spacial score (nSPS) is 10.5. The number of benzene rings is 1. The highest BCUT2D eigenvalue weighted by Crippen LogP contribution is 2.29. The molecule has 0 spiro atoms. The van der Waals surface area contributed by atoms with Gasteiger partial charge in [-0.1, -0.05) is 42.1 Å². The molecule has 0 aliphatic rings. The lowest BCUT2D eigenvalue weighted by Gasteiger charge is -2.07. The second-order valence-corrected chi connectivity index (χ2v) is 6.16. The maximum absolute atomic E-state index is 11.0. The lowest BCUT2D eigenvalue weighted by molar-refractivity contribution is 0.112. The van der Waals surface area contributed by atoms with Crippen LogP contribution in [-0.2, 0) is 0 Å². The molecule has 3 heteroatoms. The van der Waals surface area contributed by atoms with Crippen molar-refractivity contribution in [1.82, 2.24) is 0 Å². The summed E-state index contributed by atoms with van der Waals surface area (Å²) in [5.41, 5.74) is 1.92. The highest BCUT2D eigenvalue weighted by Gasteiger charge is 2.06. The van der Waals surface area contributed by atoms with Gasteiger partial charge in [-0.25, -0.2) is 0 Å². The van der Waals surface area contributed by atoms with Crippen LogP contribution in [-0.4, -0.2) is 12.0 Å². The smallest absolute Gasteiger partial charge is 0.151 e. The van der Waals surface area contributed by atoms with E-state index in [0.29, 0.717) is 0 Å². The Hall–Kier alpha value is -0.280. The van der Waals surface area contributed by atoms with Gasteiger partial charge in [0.25, 0.3) is 0 Å². The Kier molecular flexibility index (Phi) is 6.90. The first kappa shape index (κ1) is 14.8. The first-order valence-electron chi connectivity index (χ1n) is 6.07. The number of aldehydes is 1. The van der Waals surface area contributed by atoms with Crippen LogP contribution in [0.25, 0.3) is 0 Å². The van der Waals surface area contributed by atoms with E-state index >= 15 is 0 Å². The molecule has 0 bridgehead atoms. The molecule has 0 atom stereocenters. The zero-order valence-corrected chi connectivity index (χ0v) is 12.9. The van der Waals surface area contributed by atoms with Gasteiger partial charge in [-0.3, -0.25) is 4.79 Å². The number of unbranched alkanes of at least 4 members (excludes halogenated alkanes) is 3. The second kappa shape index (κ2) is 7.93. The Morgan fingerprint density at radius 1 is 1.29 bits per heavy atom. The van der Waals surface area contributed by atoms with Crippen LogP contribution < -0.4 is 0 Å². The van der Waals surface area contributed by atoms with Gasteiger partial charge in [0, 0.05) is 14.9 Å². The van der Waals surface area contributed by atoms with Crippen molar-refractivity contribution in [2.24, 2.45) is 0 Å². The molecule has 0 aliphatic heterocycles. The summed E-state index contributed by atoms with van der Waals surface area (Å²) < 4.78 is 1.08. The SMILES string of the molecule is CCCCCCSc1cc(Br)c(C)cc1C=O. The van der Waals surface area contributed by atoms with E-state index in [4.69, 9.17) is 0 Å². The average Bonchev–Trinajstić information content (AvgIpc) is 2.33. The predicted octanol–water partition coefficient (Wildman–Crippen LogP) is 5.24. The number of halogens is 1. The monoisotopic (exact) mass is 314 g/mol. The van der Waals surface area contributed by atoms with E-state index in [9.17, 15) is 4.79 Å². The van der Waals surface area contributed by atoms with Gasteiger partial charge in [-0.05, 0) is 36.8 Å². The fraction of sp³-hybridized carbons (Fsp3) is 0.500. The predicted molar refractivity (Wildman–Crippen MR) is 79.1 cm³/mol. The minimum absolute atomic E-state index is 0.811. The van der Waals surface area contributed by atoms with Crippen LogP contribution in [0.2, 0.25) is 0 Å². The van der Waals surface area contributed by atoms with Crippen LogP contribution in [0.4, 0.5) is 0 Å². The summed E-state index contributed by atoms with van der Waals surface area (Å²) in [5, 5.41) is 0. The van der Waals surface area contributed by atoms with Crippen molar-refractivity contribution in [2.45, 2.75) is 44.4 Å². The minimum Gasteiger partial charge on any atom is -0.298 e. The lowest BCUT2D eigenvalue weighted by Crippen LogP contribution is -1.90. The molecule has 0 saturated heterocycles. The summed E-state index contributed by atoms with van der Waals surface area (Å²) in [7, 11) is 0. The van der Waals surface area contributed by atoms with Crippen molar-refractivity contribution in [3.05, 3.63) is 27.7 Å². The standard InChI is InChI=1S/C14H19BrOS/c1-3-4-5-6-7-17-14-9-13(15)11(2)8-12(14)10-16/h8-10H,3-7H2,1-2H3. The van der Waals surface area contributed by atoms with Gasteiger partial charge < -0.3 is 0 Å². The van der Waals surface area contributed by atoms with E-state index in [1.54, 1.807) is 11.8 Å². The molecule has 0 aromatic heterocycles. The molecule has 0 radical (unpaired) electrons. The highest BCUT2D eigenvalue weighted by molar-refractivity contribution is 9.10. The highest BCUT2D eigenvalue weighted by atomic mass is 79.9. The van der Waals surface area contributed by atoms with Gasteiger partial charge in [-0.2, -0.15) is 0 Å². The number of thioether (sulfide) groups is 1. The Morgan fingerprint density at radius 2 is 2.06 bits per heavy atom. The van der Waals surface area contributed by atoms with Crippen LogP contribution >= 0.6 is 27.7 Å². The van der Waals surface area contributed by atoms with E-state index in [-0.39, 0.29) is 0 Å². The van der Waals surface area contributed by atoms with E-state index in [0.717, 1.165) is 32.5 Å². The number of aryl methyl sites for hydroxylation is 1. The van der Waals surface area contributed by atoms with Crippen molar-refractivity contribution in [3.63, 3.8) is 0 Å². The van der Waals surface area contributed by atoms with Gasteiger partial charge in [0.2, 0.25) is 0 Å². The first-order chi connectivity index (χ1) is 8.19. The van der Waals surface area contributed by atoms with Crippen LogP contribution in [0, 0.1) is 6.92 Å². The average molecular weight is 315 g/mol. The zero-order chi connectivity index (χ0) is 12.7. The van der Waals surface area contributed by atoms with Gasteiger partial charge >= 0.3 is 0 Å². The van der Waals surface area contributed by atoms with Crippen LogP contribution in [0.1, 0.15) is 48.5 Å². The van der Waals surface area contributed by atoms with Crippen LogP contribution in [0.3, 0.4) is 0 Å². The summed E-state index contributed by atoms with van der Waals surface area (Å²) in [6.07, 6.45) is 6.03. The van der Waals surface area contributed by atoms with E-state index in [1.165, 1.54) is 25.7 Å². The molecule has 0 fully saturated rings. The number of rotatable bonds is 7. The number of carbonyl (C=O) groups excluding carboxylic acids is 1. The Labute approximate surface area is 117 Å². The number of hydrogen-bond acceptors (Lipinski definition) is 2. The van der Waals surface area contributed by atoms with Gasteiger partial charge in [0.15, 0.2) is 6.29 Å². The molecule has 0 aliphatic carbocycles. The lowest BCUT2D eigenvalue weighted by atomic mass is 10.1. The molecule has 1 aromatic carbocycles. The summed E-state index contributed by atoms with van der Waals surface area (Å²) in [6, 6.07) is 4.01. The summed E-state index contributed by atoms with van der Waals surface area (Å²) in [4.78, 5) is 12.1. The molecule has 0 N–H and O–H groups in total. The van der Waals surface area contributed by atoms with Crippen molar-refractivity contribution < 1.29 is 4.79 Å². The second-order valence-electron chi connectivity index (χ2n) is 4.17. The summed E-state index contributed by atoms with van der Waals surface area (Å²) in [6.45, 7) is 4.22. The number of carbonyl (C=O) groups is 1. The van der Waals surface area contributed by atoms with Crippen LogP contribution in [0.5, 0.6) is 0 Å². The van der Waals surface area contributed by atoms with E-state index in [1.807, 2.05) is 13.0 Å². The molecule has 0 unspecified atom stereocenters. The molecule has 1 nitrogen and oxygen atoms in total. The maximum Gasteiger partial charge on any atom is 0.151 e. The van der Waals surface area contributed by atoms with Gasteiger partial charge in [0.1, 0.15) is 0 Å². The van der Waals surface area contributed by atoms with E-state index < -0.39 is 0 Å². The fourth-order valence-electron chi connectivity index (χ4n) is 1.61. The van der Waals surface area contributed by atoms with Crippen molar-refractivity contribution in [2.75, 3.05) is 5.75 Å². The zero-order valence-electron chi connectivity index (χ0n) is 10.5. The molecule has 94 valence electrons. The maximum atomic E-state index is 11.0. The first-order valence-corrected chi connectivity index (χ1v) is 7.85. The Balaban J connectivity index is 2.57. The fourth-order valence-corrected chi connectivity index (χ4v) is 3.15. The molecule has 0 heterocycles. The third-order valence-electron chi connectivity index (χ3n) is 2.67. The summed E-state index contributed by atoms with van der Waals surface area (Å²) >= 11 is 5.30. The third-order valence-corrected chi connectivity index (χ3v) is 4.69. The van der Waals surface area contributed by atoms with Crippen molar-refractivity contribution in [3.8, 4) is 0 Å². The number of hydrogen-bond donors (Lipinski definition) is 0. The molecule has 17 heavy (non-hydrogen) atoms. The largest absolute Gasteiger partial charge is 0.298 e. The van der Waals surface area contributed by atoms with Crippen molar-refractivity contribution in [1.29, 1.82) is 0 Å². The topological polar surface area (TPSA) is 17.1 Å². The molecule has 0 amide bonds. The Bertz CT molecular complexity index is 377. The van der Waals surface area contributed by atoms with Crippen molar-refractivity contribution >= 4 is 34.0 Å². The van der Waals surface area contributed by atoms with E-state index in [2.05, 4.69) is 28.9 Å². The van der Waals surface area contributed by atoms with Crippen LogP contribution in [0.15, 0.2) is 21.5 Å².